The van der Waals surface area contributed by atoms with Crippen LogP contribution < -0.4 is 9.64 Å². The van der Waals surface area contributed by atoms with E-state index in [4.69, 9.17) is 9.47 Å². The summed E-state index contributed by atoms with van der Waals surface area (Å²) in [7, 11) is 0. The molecule has 0 heterocycles. The predicted octanol–water partition coefficient (Wildman–Crippen LogP) is 4.30. The lowest BCUT2D eigenvalue weighted by Gasteiger charge is -2.27. The molecule has 1 amide bonds. The normalized spacial score (nSPS) is 11.0. The monoisotopic (exact) mass is 402 g/mol. The maximum absolute atomic E-state index is 12.7. The summed E-state index contributed by atoms with van der Waals surface area (Å²) < 4.78 is 11.1. The Balaban J connectivity index is 2.39. The molecule has 0 spiro atoms. The van der Waals surface area contributed by atoms with Crippen LogP contribution in [0, 0.1) is 10.1 Å². The lowest BCUT2D eigenvalue weighted by Crippen LogP contribution is -2.38. The van der Waals surface area contributed by atoms with Gasteiger partial charge in [0.15, 0.2) is 5.75 Å². The summed E-state index contributed by atoms with van der Waals surface area (Å²) in [6, 6.07) is 13.8. The standard InChI is InChI=1S/C21H26N2O6/c1-21(2,3)29-20(25)22(13-8-14-24)17-11-7-12-18(19(17)23(26)27)28-15-16-9-5-4-6-10-16/h4-7,9-12,24H,8,13-15H2,1-3H3. The number of carbonyl (C=O) groups excluding carboxylic acids is 1. The summed E-state index contributed by atoms with van der Waals surface area (Å²) in [5.41, 5.74) is -0.183. The van der Waals surface area contributed by atoms with E-state index >= 15 is 0 Å². The predicted molar refractivity (Wildman–Crippen MR) is 109 cm³/mol. The third-order valence-electron chi connectivity index (χ3n) is 3.84. The second-order valence-electron chi connectivity index (χ2n) is 7.36. The molecule has 1 N–H and O–H groups in total. The molecule has 2 aromatic carbocycles. The van der Waals surface area contributed by atoms with Gasteiger partial charge in [-0.15, -0.1) is 0 Å². The molecule has 0 aromatic heterocycles. The van der Waals surface area contributed by atoms with E-state index in [0.29, 0.717) is 0 Å². The molecule has 0 bridgehead atoms. The Bertz CT molecular complexity index is 833. The Morgan fingerprint density at radius 1 is 1.14 bits per heavy atom. The molecule has 0 fully saturated rings. The Hall–Kier alpha value is -3.13. The molecule has 29 heavy (non-hydrogen) atoms. The van der Waals surface area contributed by atoms with E-state index in [1.54, 1.807) is 26.8 Å². The van der Waals surface area contributed by atoms with Gasteiger partial charge in [0.2, 0.25) is 0 Å². The fourth-order valence-electron chi connectivity index (χ4n) is 2.62. The van der Waals surface area contributed by atoms with E-state index in [-0.39, 0.29) is 43.3 Å². The first kappa shape index (κ1) is 22.2. The van der Waals surface area contributed by atoms with E-state index in [9.17, 15) is 20.0 Å². The second kappa shape index (κ2) is 9.88. The van der Waals surface area contributed by atoms with Gasteiger partial charge in [0, 0.05) is 13.2 Å². The summed E-state index contributed by atoms with van der Waals surface area (Å²) >= 11 is 0. The highest BCUT2D eigenvalue weighted by molar-refractivity contribution is 5.92. The number of ether oxygens (including phenoxy) is 2. The summed E-state index contributed by atoms with van der Waals surface area (Å²) in [4.78, 5) is 25.1. The number of carbonyl (C=O) groups is 1. The molecule has 2 aromatic rings. The van der Waals surface area contributed by atoms with Crippen LogP contribution in [0.25, 0.3) is 0 Å². The molecule has 8 nitrogen and oxygen atoms in total. The van der Waals surface area contributed by atoms with Crippen LogP contribution in [0.15, 0.2) is 48.5 Å². The molecule has 0 aliphatic heterocycles. The third-order valence-corrected chi connectivity index (χ3v) is 3.84. The van der Waals surface area contributed by atoms with Gasteiger partial charge >= 0.3 is 11.8 Å². The van der Waals surface area contributed by atoms with Gasteiger partial charge < -0.3 is 14.6 Å². The zero-order chi connectivity index (χ0) is 21.4. The SMILES string of the molecule is CC(C)(C)OC(=O)N(CCCO)c1cccc(OCc2ccccc2)c1[N+](=O)[O-]. The van der Waals surface area contributed by atoms with Gasteiger partial charge in [0.25, 0.3) is 0 Å². The smallest absolute Gasteiger partial charge is 0.415 e. The van der Waals surface area contributed by atoms with E-state index < -0.39 is 16.6 Å². The first-order chi connectivity index (χ1) is 13.7. The van der Waals surface area contributed by atoms with Crippen molar-refractivity contribution in [1.82, 2.24) is 0 Å². The lowest BCUT2D eigenvalue weighted by atomic mass is 10.2. The van der Waals surface area contributed by atoms with Crippen molar-refractivity contribution in [3.05, 3.63) is 64.2 Å². The number of hydrogen-bond acceptors (Lipinski definition) is 6. The largest absolute Gasteiger partial charge is 0.482 e. The van der Waals surface area contributed by atoms with E-state index in [2.05, 4.69) is 0 Å². The highest BCUT2D eigenvalue weighted by Crippen LogP contribution is 2.38. The van der Waals surface area contributed by atoms with Gasteiger partial charge in [0.1, 0.15) is 17.9 Å². The molecule has 0 atom stereocenters. The van der Waals surface area contributed by atoms with Crippen LogP contribution in [-0.2, 0) is 11.3 Å². The van der Waals surface area contributed by atoms with Gasteiger partial charge in [0.05, 0.1) is 4.92 Å². The molecule has 0 aliphatic rings. The molecule has 0 unspecified atom stereocenters. The van der Waals surface area contributed by atoms with Crippen molar-refractivity contribution in [2.75, 3.05) is 18.1 Å². The zero-order valence-electron chi connectivity index (χ0n) is 16.8. The molecule has 0 aliphatic carbocycles. The summed E-state index contributed by atoms with van der Waals surface area (Å²) in [6.07, 6.45) is -0.486. The zero-order valence-corrected chi connectivity index (χ0v) is 16.8. The Labute approximate surface area is 169 Å². The van der Waals surface area contributed by atoms with Crippen LogP contribution >= 0.6 is 0 Å². The number of benzene rings is 2. The van der Waals surface area contributed by atoms with Crippen molar-refractivity contribution < 1.29 is 24.3 Å². The quantitative estimate of drug-likeness (QED) is 0.522. The number of rotatable bonds is 8. The highest BCUT2D eigenvalue weighted by atomic mass is 16.6. The van der Waals surface area contributed by atoms with Crippen molar-refractivity contribution in [3.8, 4) is 5.75 Å². The van der Waals surface area contributed by atoms with Crippen LogP contribution in [0.3, 0.4) is 0 Å². The number of aliphatic hydroxyl groups excluding tert-OH is 1. The summed E-state index contributed by atoms with van der Waals surface area (Å²) in [5.74, 6) is 0.0499. The molecule has 0 saturated carbocycles. The first-order valence-electron chi connectivity index (χ1n) is 9.28. The van der Waals surface area contributed by atoms with Gasteiger partial charge in [-0.05, 0) is 44.9 Å². The molecule has 2 rings (SSSR count). The van der Waals surface area contributed by atoms with Crippen molar-refractivity contribution >= 4 is 17.5 Å². The number of nitro groups is 1. The third kappa shape index (κ3) is 6.46. The van der Waals surface area contributed by atoms with Gasteiger partial charge in [-0.1, -0.05) is 36.4 Å². The lowest BCUT2D eigenvalue weighted by molar-refractivity contribution is -0.385. The van der Waals surface area contributed by atoms with Crippen molar-refractivity contribution in [2.24, 2.45) is 0 Å². The Morgan fingerprint density at radius 2 is 1.83 bits per heavy atom. The molecular weight excluding hydrogens is 376 g/mol. The number of nitro benzene ring substituents is 1. The fourth-order valence-corrected chi connectivity index (χ4v) is 2.62. The fraction of sp³-hybridized carbons (Fsp3) is 0.381. The topological polar surface area (TPSA) is 102 Å². The maximum Gasteiger partial charge on any atom is 0.415 e. The van der Waals surface area contributed by atoms with Crippen LogP contribution in [0.1, 0.15) is 32.8 Å². The van der Waals surface area contributed by atoms with Gasteiger partial charge in [-0.2, -0.15) is 0 Å². The molecule has 156 valence electrons. The number of anilines is 1. The van der Waals surface area contributed by atoms with Crippen LogP contribution in [0.4, 0.5) is 16.2 Å². The number of para-hydroxylation sites is 1. The number of hydrogen-bond donors (Lipinski definition) is 1. The number of amides is 1. The minimum absolute atomic E-state index is 0.0499. The van der Waals surface area contributed by atoms with E-state index in [1.807, 2.05) is 30.3 Å². The first-order valence-corrected chi connectivity index (χ1v) is 9.28. The highest BCUT2D eigenvalue weighted by Gasteiger charge is 2.31. The second-order valence-corrected chi connectivity index (χ2v) is 7.36. The average molecular weight is 402 g/mol. The van der Waals surface area contributed by atoms with Crippen molar-refractivity contribution in [2.45, 2.75) is 39.4 Å². The summed E-state index contributed by atoms with van der Waals surface area (Å²) in [6.45, 7) is 5.18. The molecule has 0 saturated heterocycles. The maximum atomic E-state index is 12.7. The van der Waals surface area contributed by atoms with Crippen LogP contribution in [-0.4, -0.2) is 34.9 Å². The molecule has 0 radical (unpaired) electrons. The van der Waals surface area contributed by atoms with Crippen molar-refractivity contribution in [1.29, 1.82) is 0 Å². The van der Waals surface area contributed by atoms with Gasteiger partial charge in [-0.25, -0.2) is 4.79 Å². The van der Waals surface area contributed by atoms with Gasteiger partial charge in [-0.3, -0.25) is 15.0 Å². The Morgan fingerprint density at radius 3 is 2.41 bits per heavy atom. The Kier molecular flexibility index (Phi) is 7.55. The van der Waals surface area contributed by atoms with E-state index in [1.165, 1.54) is 12.1 Å². The minimum atomic E-state index is -0.773. The average Bonchev–Trinajstić information content (AvgIpc) is 2.66. The van der Waals surface area contributed by atoms with Crippen LogP contribution in [0.5, 0.6) is 5.75 Å². The summed E-state index contributed by atoms with van der Waals surface area (Å²) in [5, 5.41) is 21.0. The molecular formula is C21H26N2O6. The molecule has 8 heteroatoms. The minimum Gasteiger partial charge on any atom is -0.482 e. The van der Waals surface area contributed by atoms with E-state index in [0.717, 1.165) is 10.5 Å². The number of aliphatic hydroxyl groups is 1. The van der Waals surface area contributed by atoms with Crippen LogP contribution in [0.2, 0.25) is 0 Å². The van der Waals surface area contributed by atoms with Crippen molar-refractivity contribution in [3.63, 3.8) is 0 Å². The number of nitrogens with zero attached hydrogens (tertiary/aromatic N) is 2.